The first-order valence-electron chi connectivity index (χ1n) is 11.5. The molecule has 8 heteroatoms. The zero-order valence-electron chi connectivity index (χ0n) is 19.0. The predicted molar refractivity (Wildman–Crippen MR) is 121 cm³/mol. The number of piperidine rings is 1. The normalized spacial score (nSPS) is 19.0. The van der Waals surface area contributed by atoms with Crippen molar-refractivity contribution in [3.05, 3.63) is 53.3 Å². The highest BCUT2D eigenvalue weighted by molar-refractivity contribution is 5.94. The highest BCUT2D eigenvalue weighted by Crippen LogP contribution is 2.28. The van der Waals surface area contributed by atoms with Crippen molar-refractivity contribution in [3.63, 3.8) is 0 Å². The van der Waals surface area contributed by atoms with E-state index in [2.05, 4.69) is 15.3 Å². The zero-order valence-corrected chi connectivity index (χ0v) is 19.0. The van der Waals surface area contributed by atoms with Gasteiger partial charge in [-0.2, -0.15) is 5.10 Å². The lowest BCUT2D eigenvalue weighted by Gasteiger charge is -2.39. The van der Waals surface area contributed by atoms with Crippen LogP contribution in [0.1, 0.15) is 40.5 Å². The Bertz CT molecular complexity index is 915. The molecule has 0 radical (unpaired) electrons. The summed E-state index contributed by atoms with van der Waals surface area (Å²) in [6, 6.07) is 9.82. The number of nitrogens with one attached hydrogen (secondary N) is 1. The van der Waals surface area contributed by atoms with E-state index in [1.54, 1.807) is 17.9 Å². The minimum atomic E-state index is -0.257. The van der Waals surface area contributed by atoms with Crippen LogP contribution in [-0.4, -0.2) is 77.8 Å². The molecule has 2 aromatic rings. The van der Waals surface area contributed by atoms with E-state index in [0.29, 0.717) is 24.7 Å². The van der Waals surface area contributed by atoms with Crippen LogP contribution in [0.25, 0.3) is 0 Å². The molecule has 1 atom stereocenters. The molecule has 2 fully saturated rings. The van der Waals surface area contributed by atoms with Gasteiger partial charge in [-0.25, -0.2) is 0 Å². The smallest absolute Gasteiger partial charge is 0.254 e. The molecule has 1 N–H and O–H groups in total. The Morgan fingerprint density at radius 1 is 1.12 bits per heavy atom. The Kier molecular flexibility index (Phi) is 7.22. The topological polar surface area (TPSA) is 79.7 Å². The van der Waals surface area contributed by atoms with Crippen LogP contribution < -0.4 is 5.32 Å². The summed E-state index contributed by atoms with van der Waals surface area (Å²) in [6.07, 6.45) is 4.37. The van der Waals surface area contributed by atoms with Crippen LogP contribution in [0.4, 0.5) is 0 Å². The second kappa shape index (κ2) is 10.3. The van der Waals surface area contributed by atoms with Gasteiger partial charge in [0, 0.05) is 46.5 Å². The maximum atomic E-state index is 13.6. The molecule has 2 aliphatic rings. The number of hydrogen-bond acceptors (Lipinski definition) is 5. The van der Waals surface area contributed by atoms with Crippen LogP contribution >= 0.6 is 0 Å². The molecule has 0 aliphatic carbocycles. The van der Waals surface area contributed by atoms with E-state index < -0.39 is 0 Å². The van der Waals surface area contributed by atoms with E-state index in [0.717, 1.165) is 56.7 Å². The number of aromatic nitrogens is 2. The van der Waals surface area contributed by atoms with Gasteiger partial charge in [-0.05, 0) is 30.7 Å². The largest absolute Gasteiger partial charge is 0.379 e. The number of ether oxygens (including phenoxy) is 1. The molecule has 0 spiro atoms. The van der Waals surface area contributed by atoms with Crippen LogP contribution in [0.5, 0.6) is 0 Å². The fourth-order valence-electron chi connectivity index (χ4n) is 4.79. The second-order valence-corrected chi connectivity index (χ2v) is 8.68. The summed E-state index contributed by atoms with van der Waals surface area (Å²) in [6.45, 7) is 4.33. The van der Waals surface area contributed by atoms with Crippen molar-refractivity contribution < 1.29 is 14.3 Å². The highest BCUT2D eigenvalue weighted by Gasteiger charge is 2.34. The summed E-state index contributed by atoms with van der Waals surface area (Å²) in [7, 11) is 3.48. The lowest BCUT2D eigenvalue weighted by molar-refractivity contribution is -0.140. The molecule has 4 rings (SSSR count). The molecule has 1 aromatic carbocycles. The number of nitrogens with zero attached hydrogens (tertiary/aromatic N) is 4. The number of benzene rings is 1. The number of likely N-dealkylation sites (tertiary alicyclic amines) is 1. The molecule has 172 valence electrons. The molecule has 0 bridgehead atoms. The molecule has 0 saturated carbocycles. The number of carbonyl (C=O) groups is 2. The standard InChI is InChI=1S/C24H33N5O3/c1-25-23(30)20-17-27(2)26-21(20)16-18-8-10-29(11-9-18)24(31)22(19-6-4-3-5-7-19)28-12-14-32-15-13-28/h3-7,17-18,22H,8-16H2,1-2H3,(H,25,30). The molecular weight excluding hydrogens is 406 g/mol. The minimum absolute atomic E-state index is 0.100. The summed E-state index contributed by atoms with van der Waals surface area (Å²) >= 11 is 0. The quantitative estimate of drug-likeness (QED) is 0.740. The summed E-state index contributed by atoms with van der Waals surface area (Å²) in [5.74, 6) is 0.494. The molecule has 1 unspecified atom stereocenters. The van der Waals surface area contributed by atoms with E-state index in [9.17, 15) is 9.59 Å². The number of rotatable bonds is 6. The Balaban J connectivity index is 1.41. The van der Waals surface area contributed by atoms with Crippen LogP contribution in [-0.2, 0) is 23.0 Å². The average Bonchev–Trinajstić information content (AvgIpc) is 3.20. The number of morpholine rings is 1. The fraction of sp³-hybridized carbons (Fsp3) is 0.542. The monoisotopic (exact) mass is 439 g/mol. The number of aryl methyl sites for hydroxylation is 1. The third-order valence-corrected chi connectivity index (χ3v) is 6.55. The minimum Gasteiger partial charge on any atom is -0.379 e. The molecule has 8 nitrogen and oxygen atoms in total. The van der Waals surface area contributed by atoms with Crippen molar-refractivity contribution in [2.45, 2.75) is 25.3 Å². The lowest BCUT2D eigenvalue weighted by Crippen LogP contribution is -2.49. The first kappa shape index (κ1) is 22.5. The molecule has 2 aliphatic heterocycles. The van der Waals surface area contributed by atoms with Gasteiger partial charge in [0.1, 0.15) is 6.04 Å². The van der Waals surface area contributed by atoms with Crippen LogP contribution in [0.15, 0.2) is 36.5 Å². The maximum Gasteiger partial charge on any atom is 0.254 e. The van der Waals surface area contributed by atoms with Crippen molar-refractivity contribution in [3.8, 4) is 0 Å². The van der Waals surface area contributed by atoms with Crippen molar-refractivity contribution in [1.82, 2.24) is 24.9 Å². The number of amides is 2. The average molecular weight is 440 g/mol. The van der Waals surface area contributed by atoms with E-state index in [1.165, 1.54) is 0 Å². The summed E-state index contributed by atoms with van der Waals surface area (Å²) in [5.41, 5.74) is 2.53. The molecule has 32 heavy (non-hydrogen) atoms. The third-order valence-electron chi connectivity index (χ3n) is 6.55. The van der Waals surface area contributed by atoms with Crippen LogP contribution in [0.3, 0.4) is 0 Å². The Morgan fingerprint density at radius 2 is 1.81 bits per heavy atom. The number of carbonyl (C=O) groups excluding carboxylic acids is 2. The first-order chi connectivity index (χ1) is 15.6. The van der Waals surface area contributed by atoms with Crippen molar-refractivity contribution >= 4 is 11.8 Å². The van der Waals surface area contributed by atoms with Gasteiger partial charge in [-0.1, -0.05) is 30.3 Å². The van der Waals surface area contributed by atoms with Gasteiger partial charge >= 0.3 is 0 Å². The van der Waals surface area contributed by atoms with Gasteiger partial charge < -0.3 is 15.0 Å². The van der Waals surface area contributed by atoms with E-state index in [-0.39, 0.29) is 17.9 Å². The van der Waals surface area contributed by atoms with Gasteiger partial charge in [0.15, 0.2) is 0 Å². The SMILES string of the molecule is CNC(=O)c1cn(C)nc1CC1CCN(C(=O)C(c2ccccc2)N2CCOCC2)CC1. The first-order valence-corrected chi connectivity index (χ1v) is 11.5. The highest BCUT2D eigenvalue weighted by atomic mass is 16.5. The van der Waals surface area contributed by atoms with Gasteiger partial charge in [-0.3, -0.25) is 19.2 Å². The molecule has 1 aromatic heterocycles. The van der Waals surface area contributed by atoms with Crippen molar-refractivity contribution in [1.29, 1.82) is 0 Å². The fourth-order valence-corrected chi connectivity index (χ4v) is 4.79. The molecule has 2 amide bonds. The van der Waals surface area contributed by atoms with E-state index in [1.807, 2.05) is 42.3 Å². The van der Waals surface area contributed by atoms with E-state index in [4.69, 9.17) is 4.74 Å². The predicted octanol–water partition coefficient (Wildman–Crippen LogP) is 1.63. The Hall–Kier alpha value is -2.71. The summed E-state index contributed by atoms with van der Waals surface area (Å²) < 4.78 is 7.21. The summed E-state index contributed by atoms with van der Waals surface area (Å²) in [5, 5.41) is 7.21. The Morgan fingerprint density at radius 3 is 2.47 bits per heavy atom. The van der Waals surface area contributed by atoms with Gasteiger partial charge in [0.05, 0.1) is 24.5 Å². The summed E-state index contributed by atoms with van der Waals surface area (Å²) in [4.78, 5) is 30.0. The van der Waals surface area contributed by atoms with Crippen molar-refractivity contribution in [2.24, 2.45) is 13.0 Å². The molecule has 3 heterocycles. The van der Waals surface area contributed by atoms with Crippen molar-refractivity contribution in [2.75, 3.05) is 46.4 Å². The molecular formula is C24H33N5O3. The molecule has 2 saturated heterocycles. The van der Waals surface area contributed by atoms with Gasteiger partial charge in [-0.15, -0.1) is 0 Å². The van der Waals surface area contributed by atoms with Gasteiger partial charge in [0.25, 0.3) is 5.91 Å². The lowest BCUT2D eigenvalue weighted by atomic mass is 9.90. The zero-order chi connectivity index (χ0) is 22.5. The third kappa shape index (κ3) is 5.02. The maximum absolute atomic E-state index is 13.6. The van der Waals surface area contributed by atoms with Crippen LogP contribution in [0, 0.1) is 5.92 Å². The van der Waals surface area contributed by atoms with Crippen LogP contribution in [0.2, 0.25) is 0 Å². The number of hydrogen-bond donors (Lipinski definition) is 1. The Labute approximate surface area is 189 Å². The van der Waals surface area contributed by atoms with Gasteiger partial charge in [0.2, 0.25) is 5.91 Å². The van der Waals surface area contributed by atoms with E-state index >= 15 is 0 Å². The second-order valence-electron chi connectivity index (χ2n) is 8.68.